The van der Waals surface area contributed by atoms with Crippen LogP contribution in [0.3, 0.4) is 0 Å². The number of hydrogen-bond acceptors (Lipinski definition) is 4. The van der Waals surface area contributed by atoms with Crippen LogP contribution in [0.25, 0.3) is 0 Å². The van der Waals surface area contributed by atoms with E-state index in [0.29, 0.717) is 10.8 Å². The molecule has 0 radical (unpaired) electrons. The van der Waals surface area contributed by atoms with Crippen molar-refractivity contribution in [2.45, 2.75) is 57.3 Å². The summed E-state index contributed by atoms with van der Waals surface area (Å²) in [4.78, 5) is 2.52. The van der Waals surface area contributed by atoms with Gasteiger partial charge in [-0.2, -0.15) is 0 Å². The first kappa shape index (κ1) is 18.8. The monoisotopic (exact) mass is 352 g/mol. The fourth-order valence-corrected chi connectivity index (χ4v) is 6.42. The number of nitrogens with two attached hydrogens (primary N) is 1. The molecule has 3 heterocycles. The summed E-state index contributed by atoms with van der Waals surface area (Å²) in [5.41, 5.74) is 7.00. The molecule has 6 heteroatoms. The van der Waals surface area contributed by atoms with E-state index in [-0.39, 0.29) is 36.1 Å². The number of nitrogens with zero attached hydrogens (tertiary/aromatic N) is 1. The summed E-state index contributed by atoms with van der Waals surface area (Å²) in [5.74, 6) is 0. The van der Waals surface area contributed by atoms with Gasteiger partial charge in [0, 0.05) is 19.6 Å². The lowest BCUT2D eigenvalue weighted by Crippen LogP contribution is -2.72. The summed E-state index contributed by atoms with van der Waals surface area (Å²) >= 11 is 0. The topological polar surface area (TPSA) is 47.7 Å². The van der Waals surface area contributed by atoms with Crippen LogP contribution in [0.5, 0.6) is 0 Å². The zero-order chi connectivity index (χ0) is 14.1. The van der Waals surface area contributed by atoms with E-state index in [9.17, 15) is 0 Å². The number of morpholine rings is 1. The first-order valence-electron chi connectivity index (χ1n) is 8.11. The molecule has 4 nitrogen and oxygen atoms in total. The highest BCUT2D eigenvalue weighted by Gasteiger charge is 2.65. The highest BCUT2D eigenvalue weighted by molar-refractivity contribution is 5.85. The van der Waals surface area contributed by atoms with E-state index >= 15 is 0 Å². The van der Waals surface area contributed by atoms with Crippen LogP contribution in [0.1, 0.15) is 46.0 Å². The van der Waals surface area contributed by atoms with E-state index in [4.69, 9.17) is 15.2 Å². The van der Waals surface area contributed by atoms with Crippen LogP contribution in [0.4, 0.5) is 0 Å². The molecule has 0 aromatic carbocycles. The molecule has 0 aromatic rings. The predicted octanol–water partition coefficient (Wildman–Crippen LogP) is 2.58. The van der Waals surface area contributed by atoms with Crippen molar-refractivity contribution >= 4 is 24.8 Å². The van der Waals surface area contributed by atoms with Gasteiger partial charge in [-0.25, -0.2) is 0 Å². The van der Waals surface area contributed by atoms with E-state index in [1.54, 1.807) is 0 Å². The van der Waals surface area contributed by atoms with Crippen LogP contribution in [-0.2, 0) is 9.47 Å². The molecule has 3 aliphatic heterocycles. The van der Waals surface area contributed by atoms with Crippen molar-refractivity contribution in [2.24, 2.45) is 16.6 Å². The molecule has 0 amide bonds. The third-order valence-electron chi connectivity index (χ3n) is 5.84. The lowest BCUT2D eigenvalue weighted by Gasteiger charge is -2.68. The summed E-state index contributed by atoms with van der Waals surface area (Å²) in [6.07, 6.45) is 5.78. The van der Waals surface area contributed by atoms with Gasteiger partial charge in [-0.05, 0) is 42.9 Å². The van der Waals surface area contributed by atoms with E-state index in [2.05, 4.69) is 18.7 Å². The minimum atomic E-state index is -0.370. The standard InChI is InChI=1S/C16H28N2O2.2ClH/c1-13-7-14(2)9-15(8-13,20-16(17,10-13)11-14)12-18-3-5-19-6-4-18;;/h3-12,17H2,1-2H3;2*1H. The average Bonchev–Trinajstić information content (AvgIpc) is 2.22. The molecule has 3 saturated heterocycles. The van der Waals surface area contributed by atoms with E-state index in [1.165, 1.54) is 19.3 Å². The molecule has 2 atom stereocenters. The maximum absolute atomic E-state index is 6.62. The zero-order valence-corrected chi connectivity index (χ0v) is 15.4. The van der Waals surface area contributed by atoms with E-state index < -0.39 is 0 Å². The summed E-state index contributed by atoms with van der Waals surface area (Å²) in [6, 6.07) is 0. The van der Waals surface area contributed by atoms with Crippen LogP contribution in [-0.4, -0.2) is 49.1 Å². The van der Waals surface area contributed by atoms with Crippen molar-refractivity contribution in [1.82, 2.24) is 4.90 Å². The van der Waals surface area contributed by atoms with Gasteiger partial charge < -0.3 is 15.2 Å². The highest BCUT2D eigenvalue weighted by atomic mass is 35.5. The predicted molar refractivity (Wildman–Crippen MR) is 91.8 cm³/mol. The Bertz CT molecular complexity index is 375. The minimum absolute atomic E-state index is 0. The van der Waals surface area contributed by atoms with Gasteiger partial charge in [0.15, 0.2) is 0 Å². The smallest absolute Gasteiger partial charge is 0.118 e. The largest absolute Gasteiger partial charge is 0.379 e. The van der Waals surface area contributed by atoms with Gasteiger partial charge >= 0.3 is 0 Å². The van der Waals surface area contributed by atoms with Gasteiger partial charge in [0.05, 0.1) is 18.8 Å². The molecule has 0 aromatic heterocycles. The SMILES string of the molecule is CC12CC3(C)CC(N)(C1)OC(CN1CCOCC1)(C2)C3.Cl.Cl. The zero-order valence-electron chi connectivity index (χ0n) is 13.7. The first-order chi connectivity index (χ1) is 9.32. The van der Waals surface area contributed by atoms with Crippen molar-refractivity contribution in [3.63, 3.8) is 0 Å². The summed E-state index contributed by atoms with van der Waals surface area (Å²) in [5, 5.41) is 0. The molecular formula is C16H30Cl2N2O2. The number of hydrogen-bond donors (Lipinski definition) is 1. The molecule has 0 spiro atoms. The Morgan fingerprint density at radius 3 is 1.95 bits per heavy atom. The number of rotatable bonds is 2. The molecule has 2 aliphatic carbocycles. The fraction of sp³-hybridized carbons (Fsp3) is 1.00. The molecule has 4 bridgehead atoms. The van der Waals surface area contributed by atoms with Crippen molar-refractivity contribution in [3.8, 4) is 0 Å². The van der Waals surface area contributed by atoms with Crippen molar-refractivity contribution in [2.75, 3.05) is 32.8 Å². The van der Waals surface area contributed by atoms with E-state index in [1.807, 2.05) is 0 Å². The summed E-state index contributed by atoms with van der Waals surface area (Å²) < 4.78 is 12.0. The lowest BCUT2D eigenvalue weighted by atomic mass is 9.48. The summed E-state index contributed by atoms with van der Waals surface area (Å²) in [6.45, 7) is 9.70. The third-order valence-corrected chi connectivity index (χ3v) is 5.84. The fourth-order valence-electron chi connectivity index (χ4n) is 6.42. The minimum Gasteiger partial charge on any atom is -0.379 e. The second kappa shape index (κ2) is 5.75. The Balaban J connectivity index is 0.000000882. The van der Waals surface area contributed by atoms with Crippen LogP contribution in [0, 0.1) is 10.8 Å². The number of halogens is 2. The molecule has 22 heavy (non-hydrogen) atoms. The maximum atomic E-state index is 6.62. The molecule has 5 rings (SSSR count). The quantitative estimate of drug-likeness (QED) is 0.829. The second-order valence-corrected chi connectivity index (χ2v) is 8.74. The van der Waals surface area contributed by atoms with Crippen molar-refractivity contribution in [3.05, 3.63) is 0 Å². The molecule has 2 N–H and O–H groups in total. The van der Waals surface area contributed by atoms with Crippen molar-refractivity contribution < 1.29 is 9.47 Å². The Morgan fingerprint density at radius 2 is 1.45 bits per heavy atom. The Kier molecular flexibility index (Phi) is 4.90. The van der Waals surface area contributed by atoms with Gasteiger partial charge in [-0.15, -0.1) is 24.8 Å². The Labute approximate surface area is 146 Å². The van der Waals surface area contributed by atoms with E-state index in [0.717, 1.165) is 45.7 Å². The van der Waals surface area contributed by atoms with Gasteiger partial charge in [0.25, 0.3) is 0 Å². The van der Waals surface area contributed by atoms with Crippen LogP contribution >= 0.6 is 24.8 Å². The Hall–Kier alpha value is 0.420. The molecular weight excluding hydrogens is 323 g/mol. The van der Waals surface area contributed by atoms with Gasteiger partial charge in [-0.3, -0.25) is 4.90 Å². The highest BCUT2D eigenvalue weighted by Crippen LogP contribution is 2.66. The van der Waals surface area contributed by atoms with Gasteiger partial charge in [0.1, 0.15) is 5.72 Å². The van der Waals surface area contributed by atoms with Crippen molar-refractivity contribution in [1.29, 1.82) is 0 Å². The normalized spacial score (nSPS) is 50.3. The Morgan fingerprint density at radius 1 is 0.909 bits per heavy atom. The molecule has 5 fully saturated rings. The lowest BCUT2D eigenvalue weighted by molar-refractivity contribution is -0.318. The average molecular weight is 353 g/mol. The summed E-state index contributed by atoms with van der Waals surface area (Å²) in [7, 11) is 0. The molecule has 5 aliphatic rings. The number of ether oxygens (including phenoxy) is 2. The molecule has 130 valence electrons. The first-order valence-corrected chi connectivity index (χ1v) is 8.11. The van der Waals surface area contributed by atoms with Crippen LogP contribution < -0.4 is 5.73 Å². The third kappa shape index (κ3) is 3.15. The second-order valence-electron chi connectivity index (χ2n) is 8.74. The van der Waals surface area contributed by atoms with Crippen LogP contribution in [0.2, 0.25) is 0 Å². The molecule has 2 saturated carbocycles. The van der Waals surface area contributed by atoms with Gasteiger partial charge in [0.2, 0.25) is 0 Å². The van der Waals surface area contributed by atoms with Gasteiger partial charge in [-0.1, -0.05) is 13.8 Å². The maximum Gasteiger partial charge on any atom is 0.118 e. The van der Waals surface area contributed by atoms with Crippen LogP contribution in [0.15, 0.2) is 0 Å². The molecule has 2 unspecified atom stereocenters.